The second-order valence-corrected chi connectivity index (χ2v) is 8.60. The van der Waals surface area contributed by atoms with Gasteiger partial charge in [-0.25, -0.2) is 0 Å². The molecule has 6 nitrogen and oxygen atoms in total. The Kier molecular flexibility index (Phi) is 8.83. The molecule has 3 aromatic rings. The molecule has 0 radical (unpaired) electrons. The van der Waals surface area contributed by atoms with Crippen LogP contribution in [-0.2, 0) is 11.4 Å². The van der Waals surface area contributed by atoms with Crippen molar-refractivity contribution in [1.29, 1.82) is 5.26 Å². The zero-order valence-corrected chi connectivity index (χ0v) is 21.3. The summed E-state index contributed by atoms with van der Waals surface area (Å²) in [6.45, 7) is 0.196. The van der Waals surface area contributed by atoms with Gasteiger partial charge in [0.05, 0.1) is 14.2 Å². The molecule has 0 bridgehead atoms. The molecule has 1 N–H and O–H groups in total. The van der Waals surface area contributed by atoms with Gasteiger partial charge in [0.1, 0.15) is 24.0 Å². The normalized spacial score (nSPS) is 10.9. The molecular weight excluding hydrogens is 543 g/mol. The van der Waals surface area contributed by atoms with E-state index in [9.17, 15) is 10.1 Å². The molecule has 0 fully saturated rings. The lowest BCUT2D eigenvalue weighted by Gasteiger charge is -2.14. The van der Waals surface area contributed by atoms with E-state index in [1.165, 1.54) is 13.2 Å². The van der Waals surface area contributed by atoms with Crippen LogP contribution in [0.3, 0.4) is 0 Å². The van der Waals surface area contributed by atoms with Crippen LogP contribution in [0.25, 0.3) is 6.08 Å². The van der Waals surface area contributed by atoms with E-state index in [1.807, 2.05) is 6.07 Å². The number of carbonyl (C=O) groups excluding carboxylic acids is 1. The van der Waals surface area contributed by atoms with Crippen molar-refractivity contribution in [2.45, 2.75) is 6.61 Å². The van der Waals surface area contributed by atoms with E-state index < -0.39 is 5.91 Å². The fraction of sp³-hybridized carbons (Fsp3) is 0.120. The Morgan fingerprint density at radius 1 is 1.06 bits per heavy atom. The lowest BCUT2D eigenvalue weighted by atomic mass is 10.1. The minimum atomic E-state index is -0.545. The van der Waals surface area contributed by atoms with Crippen LogP contribution < -0.4 is 19.5 Å². The summed E-state index contributed by atoms with van der Waals surface area (Å²) in [7, 11) is 3.06. The predicted octanol–water partition coefficient (Wildman–Crippen LogP) is 6.90. The maximum Gasteiger partial charge on any atom is 0.266 e. The number of nitrogens with one attached hydrogen (secondary N) is 1. The number of ether oxygens (including phenoxy) is 3. The Balaban J connectivity index is 1.80. The van der Waals surface area contributed by atoms with Crippen molar-refractivity contribution in [3.8, 4) is 23.3 Å². The summed E-state index contributed by atoms with van der Waals surface area (Å²) in [6, 6.07) is 17.2. The highest BCUT2D eigenvalue weighted by Gasteiger charge is 2.14. The highest BCUT2D eigenvalue weighted by Crippen LogP contribution is 2.35. The molecule has 0 spiro atoms. The summed E-state index contributed by atoms with van der Waals surface area (Å²) in [5, 5.41) is 13.3. The number of benzene rings is 3. The topological polar surface area (TPSA) is 80.6 Å². The van der Waals surface area contributed by atoms with Gasteiger partial charge in [0.2, 0.25) is 0 Å². The van der Waals surface area contributed by atoms with E-state index in [2.05, 4.69) is 21.2 Å². The van der Waals surface area contributed by atoms with E-state index >= 15 is 0 Å². The fourth-order valence-corrected chi connectivity index (χ4v) is 3.80. The lowest BCUT2D eigenvalue weighted by Crippen LogP contribution is -2.13. The molecule has 174 valence electrons. The monoisotopic (exact) mass is 560 g/mol. The van der Waals surface area contributed by atoms with Crippen LogP contribution in [-0.4, -0.2) is 20.1 Å². The SMILES string of the molecule is COc1ccc(NC(=O)C(C#N)=Cc2cc(OC)c(OCc3ccc(Cl)cc3Cl)cc2Br)cc1. The van der Waals surface area contributed by atoms with Crippen LogP contribution in [0.4, 0.5) is 5.69 Å². The second-order valence-electron chi connectivity index (χ2n) is 6.90. The molecular formula is C25H19BrCl2N2O4. The third-order valence-electron chi connectivity index (χ3n) is 4.69. The minimum absolute atomic E-state index is 0.0832. The number of nitrogens with zero attached hydrogens (tertiary/aromatic N) is 1. The summed E-state index contributed by atoms with van der Waals surface area (Å²) in [5.74, 6) is 0.994. The molecule has 34 heavy (non-hydrogen) atoms. The average Bonchev–Trinajstić information content (AvgIpc) is 2.83. The minimum Gasteiger partial charge on any atom is -0.497 e. The molecule has 0 aromatic heterocycles. The number of methoxy groups -OCH3 is 2. The number of hydrogen-bond donors (Lipinski definition) is 1. The number of nitriles is 1. The largest absolute Gasteiger partial charge is 0.497 e. The van der Waals surface area contributed by atoms with Gasteiger partial charge in [0.25, 0.3) is 5.91 Å². The smallest absolute Gasteiger partial charge is 0.266 e. The number of amides is 1. The first-order valence-corrected chi connectivity index (χ1v) is 11.4. The Labute approximate surface area is 215 Å². The summed E-state index contributed by atoms with van der Waals surface area (Å²) in [4.78, 5) is 12.6. The average molecular weight is 562 g/mol. The number of rotatable bonds is 8. The van der Waals surface area contributed by atoms with Crippen LogP contribution in [0, 0.1) is 11.3 Å². The Morgan fingerprint density at radius 3 is 2.41 bits per heavy atom. The maximum absolute atomic E-state index is 12.6. The van der Waals surface area contributed by atoms with Gasteiger partial charge in [-0.05, 0) is 60.2 Å². The van der Waals surface area contributed by atoms with E-state index in [0.29, 0.717) is 43.0 Å². The molecule has 0 unspecified atom stereocenters. The van der Waals surface area contributed by atoms with Crippen LogP contribution in [0.1, 0.15) is 11.1 Å². The van der Waals surface area contributed by atoms with Gasteiger partial charge in [-0.15, -0.1) is 0 Å². The Morgan fingerprint density at radius 2 is 1.79 bits per heavy atom. The number of anilines is 1. The van der Waals surface area contributed by atoms with Gasteiger partial charge < -0.3 is 19.5 Å². The molecule has 3 aromatic carbocycles. The predicted molar refractivity (Wildman–Crippen MR) is 137 cm³/mol. The van der Waals surface area contributed by atoms with Crippen molar-refractivity contribution in [2.24, 2.45) is 0 Å². The molecule has 3 rings (SSSR count). The number of carbonyl (C=O) groups is 1. The molecule has 0 aliphatic heterocycles. The molecule has 9 heteroatoms. The first-order chi connectivity index (χ1) is 16.3. The van der Waals surface area contributed by atoms with E-state index in [1.54, 1.807) is 61.7 Å². The summed E-state index contributed by atoms with van der Waals surface area (Å²) < 4.78 is 17.0. The van der Waals surface area contributed by atoms with Gasteiger partial charge in [0, 0.05) is 25.8 Å². The quantitative estimate of drug-likeness (QED) is 0.239. The standard InChI is InChI=1S/C25H19BrCl2N2O4/c1-32-20-7-5-19(6-8-20)30-25(31)17(13-29)9-16-10-23(33-2)24(12-21(16)26)34-14-15-3-4-18(27)11-22(15)28/h3-12H,14H2,1-2H3,(H,30,31). The molecule has 0 saturated carbocycles. The van der Waals surface area contributed by atoms with E-state index in [0.717, 1.165) is 5.56 Å². The second kappa shape index (κ2) is 11.8. The fourth-order valence-electron chi connectivity index (χ4n) is 2.90. The highest BCUT2D eigenvalue weighted by atomic mass is 79.9. The van der Waals surface area contributed by atoms with Gasteiger partial charge in [-0.1, -0.05) is 45.2 Å². The van der Waals surface area contributed by atoms with Crippen molar-refractivity contribution >= 4 is 56.8 Å². The van der Waals surface area contributed by atoms with Crippen molar-refractivity contribution in [1.82, 2.24) is 0 Å². The Bertz CT molecular complexity index is 1270. The van der Waals surface area contributed by atoms with Gasteiger partial charge in [-0.3, -0.25) is 4.79 Å². The summed E-state index contributed by atoms with van der Waals surface area (Å²) in [6.07, 6.45) is 1.46. The first kappa shape index (κ1) is 25.4. The van der Waals surface area contributed by atoms with Crippen LogP contribution >= 0.6 is 39.1 Å². The highest BCUT2D eigenvalue weighted by molar-refractivity contribution is 9.10. The van der Waals surface area contributed by atoms with Crippen molar-refractivity contribution in [2.75, 3.05) is 19.5 Å². The van der Waals surface area contributed by atoms with Crippen molar-refractivity contribution < 1.29 is 19.0 Å². The molecule has 0 aliphatic carbocycles. The van der Waals surface area contributed by atoms with Crippen LogP contribution in [0.2, 0.25) is 10.0 Å². The summed E-state index contributed by atoms with van der Waals surface area (Å²) in [5.41, 5.74) is 1.78. The third-order valence-corrected chi connectivity index (χ3v) is 5.97. The van der Waals surface area contributed by atoms with Crippen LogP contribution in [0.15, 0.2) is 64.6 Å². The van der Waals surface area contributed by atoms with Gasteiger partial charge >= 0.3 is 0 Å². The lowest BCUT2D eigenvalue weighted by molar-refractivity contribution is -0.112. The number of hydrogen-bond acceptors (Lipinski definition) is 5. The van der Waals surface area contributed by atoms with Crippen molar-refractivity contribution in [3.63, 3.8) is 0 Å². The van der Waals surface area contributed by atoms with E-state index in [-0.39, 0.29) is 12.2 Å². The zero-order valence-electron chi connectivity index (χ0n) is 18.2. The Hall–Kier alpha value is -3.18. The molecule has 1 amide bonds. The van der Waals surface area contributed by atoms with Crippen LogP contribution in [0.5, 0.6) is 17.2 Å². The zero-order chi connectivity index (χ0) is 24.7. The molecule has 0 aliphatic rings. The third kappa shape index (κ3) is 6.45. The van der Waals surface area contributed by atoms with Gasteiger partial charge in [-0.2, -0.15) is 5.26 Å². The molecule has 0 saturated heterocycles. The van der Waals surface area contributed by atoms with Crippen molar-refractivity contribution in [3.05, 3.63) is 85.8 Å². The number of halogens is 3. The maximum atomic E-state index is 12.6. The van der Waals surface area contributed by atoms with E-state index in [4.69, 9.17) is 37.4 Å². The molecule has 0 heterocycles. The first-order valence-electron chi connectivity index (χ1n) is 9.86. The van der Waals surface area contributed by atoms with Gasteiger partial charge in [0.15, 0.2) is 11.5 Å². The molecule has 0 atom stereocenters. The summed E-state index contributed by atoms with van der Waals surface area (Å²) >= 11 is 15.6.